The smallest absolute Gasteiger partial charge is 0.191 e. The summed E-state index contributed by atoms with van der Waals surface area (Å²) < 4.78 is 0. The molecule has 0 aliphatic carbocycles. The summed E-state index contributed by atoms with van der Waals surface area (Å²) in [7, 11) is 0. The first-order chi connectivity index (χ1) is 3.84. The molecule has 1 fully saturated rings. The molecule has 0 aromatic heterocycles. The van der Waals surface area contributed by atoms with Crippen LogP contribution in [-0.2, 0) is 0 Å². The van der Waals surface area contributed by atoms with Crippen LogP contribution >= 0.6 is 17.0 Å². The molecule has 2 N–H and O–H groups in total. The molecule has 0 saturated carbocycles. The Morgan fingerprint density at radius 3 is 2.67 bits per heavy atom. The van der Waals surface area contributed by atoms with E-state index in [1.807, 2.05) is 4.90 Å². The van der Waals surface area contributed by atoms with Crippen molar-refractivity contribution >= 4 is 22.9 Å². The van der Waals surface area contributed by atoms with Crippen LogP contribution in [0.15, 0.2) is 0 Å². The van der Waals surface area contributed by atoms with Crippen LogP contribution < -0.4 is 5.32 Å². The third-order valence-electron chi connectivity index (χ3n) is 1.37. The van der Waals surface area contributed by atoms with Crippen LogP contribution in [0.2, 0.25) is 0 Å². The summed E-state index contributed by atoms with van der Waals surface area (Å²) in [4.78, 5) is 2.00. The molecule has 1 rings (SSSR count). The normalized spacial score (nSPS) is 17.0. The number of nitrogens with zero attached hydrogens (tertiary/aromatic N) is 1. The van der Waals surface area contributed by atoms with E-state index in [9.17, 15) is 0 Å². The summed E-state index contributed by atoms with van der Waals surface area (Å²) in [5.41, 5.74) is 0. The first-order valence-corrected chi connectivity index (χ1v) is 2.92. The molecule has 0 atom stereocenters. The van der Waals surface area contributed by atoms with E-state index in [0.717, 1.165) is 19.6 Å². The lowest BCUT2D eigenvalue weighted by Crippen LogP contribution is -2.28. The van der Waals surface area contributed by atoms with Crippen molar-refractivity contribution in [2.45, 2.75) is 6.92 Å². The maximum Gasteiger partial charge on any atom is 0.191 e. The van der Waals surface area contributed by atoms with Crippen molar-refractivity contribution in [1.29, 1.82) is 5.41 Å². The summed E-state index contributed by atoms with van der Waals surface area (Å²) >= 11 is 0. The fourth-order valence-electron chi connectivity index (χ4n) is 0.849. The Morgan fingerprint density at radius 2 is 2.44 bits per heavy atom. The Hall–Kier alpha value is -0.250. The minimum Gasteiger partial charge on any atom is -0.355 e. The van der Waals surface area contributed by atoms with Crippen LogP contribution in [0.4, 0.5) is 0 Å². The predicted molar refractivity (Wildman–Crippen MR) is 43.3 cm³/mol. The van der Waals surface area contributed by atoms with E-state index in [0.29, 0.717) is 5.96 Å². The lowest BCUT2D eigenvalue weighted by atomic mass is 10.6. The summed E-state index contributed by atoms with van der Waals surface area (Å²) in [6.45, 7) is 4.94. The first kappa shape index (κ1) is 8.75. The van der Waals surface area contributed by atoms with E-state index in [1.54, 1.807) is 0 Å². The van der Waals surface area contributed by atoms with Crippen molar-refractivity contribution in [1.82, 2.24) is 10.2 Å². The van der Waals surface area contributed by atoms with Crippen molar-refractivity contribution in [3.63, 3.8) is 0 Å². The van der Waals surface area contributed by atoms with Gasteiger partial charge in [0.25, 0.3) is 0 Å². The lowest BCUT2D eigenvalue weighted by molar-refractivity contribution is 0.486. The van der Waals surface area contributed by atoms with Gasteiger partial charge in [0.05, 0.1) is 0 Å². The Morgan fingerprint density at radius 1 is 1.78 bits per heavy atom. The second-order valence-electron chi connectivity index (χ2n) is 1.86. The molecule has 0 radical (unpaired) electrons. The highest BCUT2D eigenvalue weighted by Gasteiger charge is 2.12. The molecule has 0 aromatic rings. The number of nitrogens with one attached hydrogen (secondary N) is 2. The molecular weight excluding hydrogens is 182 g/mol. The molecule has 0 bridgehead atoms. The molecule has 0 unspecified atom stereocenters. The molecule has 1 aliphatic rings. The van der Waals surface area contributed by atoms with E-state index < -0.39 is 0 Å². The van der Waals surface area contributed by atoms with E-state index in [2.05, 4.69) is 12.2 Å². The third-order valence-corrected chi connectivity index (χ3v) is 1.37. The fourth-order valence-corrected chi connectivity index (χ4v) is 0.849. The molecule has 1 aliphatic heterocycles. The van der Waals surface area contributed by atoms with Crippen LogP contribution in [0.1, 0.15) is 6.92 Å². The zero-order chi connectivity index (χ0) is 5.98. The number of hydrogen-bond acceptors (Lipinski definition) is 1. The summed E-state index contributed by atoms with van der Waals surface area (Å²) in [5, 5.41) is 10.2. The monoisotopic (exact) mass is 193 g/mol. The van der Waals surface area contributed by atoms with E-state index >= 15 is 0 Å². The molecule has 0 amide bonds. The molecule has 3 nitrogen and oxygen atoms in total. The quantitative estimate of drug-likeness (QED) is 0.635. The summed E-state index contributed by atoms with van der Waals surface area (Å²) in [6.07, 6.45) is 0. The Bertz CT molecular complexity index is 104. The number of rotatable bonds is 1. The third kappa shape index (κ3) is 1.86. The van der Waals surface area contributed by atoms with Gasteiger partial charge in [-0.1, -0.05) is 0 Å². The highest BCUT2D eigenvalue weighted by atomic mass is 79.9. The van der Waals surface area contributed by atoms with Crippen molar-refractivity contribution < 1.29 is 0 Å². The van der Waals surface area contributed by atoms with Gasteiger partial charge < -0.3 is 10.2 Å². The van der Waals surface area contributed by atoms with Gasteiger partial charge in [0.15, 0.2) is 5.96 Å². The molecule has 1 saturated heterocycles. The predicted octanol–water partition coefficient (Wildman–Crippen LogP) is 0.424. The zero-order valence-corrected chi connectivity index (χ0v) is 7.19. The van der Waals surface area contributed by atoms with Crippen LogP contribution in [-0.4, -0.2) is 30.5 Å². The second kappa shape index (κ2) is 3.71. The van der Waals surface area contributed by atoms with Gasteiger partial charge in [0.1, 0.15) is 0 Å². The van der Waals surface area contributed by atoms with Crippen molar-refractivity contribution in [2.75, 3.05) is 19.6 Å². The van der Waals surface area contributed by atoms with Crippen molar-refractivity contribution in [2.24, 2.45) is 0 Å². The largest absolute Gasteiger partial charge is 0.355 e. The number of guanidine groups is 1. The minimum absolute atomic E-state index is 0. The Kier molecular flexibility index (Phi) is 3.61. The van der Waals surface area contributed by atoms with Crippen LogP contribution in [0.5, 0.6) is 0 Å². The zero-order valence-electron chi connectivity index (χ0n) is 5.48. The highest BCUT2D eigenvalue weighted by molar-refractivity contribution is 8.93. The topological polar surface area (TPSA) is 39.1 Å². The average molecular weight is 194 g/mol. The lowest BCUT2D eigenvalue weighted by Gasteiger charge is -2.11. The van der Waals surface area contributed by atoms with Gasteiger partial charge in [-0.2, -0.15) is 0 Å². The molecule has 9 heavy (non-hydrogen) atoms. The van der Waals surface area contributed by atoms with Gasteiger partial charge in [-0.05, 0) is 6.92 Å². The van der Waals surface area contributed by atoms with E-state index in [4.69, 9.17) is 5.41 Å². The SMILES string of the molecule is Br.CCN1CCNC1=N. The summed E-state index contributed by atoms with van der Waals surface area (Å²) in [5.74, 6) is 0.576. The molecule has 0 spiro atoms. The van der Waals surface area contributed by atoms with Gasteiger partial charge in [-0.15, -0.1) is 17.0 Å². The number of likely N-dealkylation sites (N-methyl/N-ethyl adjacent to an activating group) is 1. The van der Waals surface area contributed by atoms with Gasteiger partial charge in [-0.3, -0.25) is 5.41 Å². The molecule has 54 valence electrons. The molecule has 1 heterocycles. The second-order valence-corrected chi connectivity index (χ2v) is 1.86. The van der Waals surface area contributed by atoms with Gasteiger partial charge in [0.2, 0.25) is 0 Å². The average Bonchev–Trinajstić information content (AvgIpc) is 2.14. The Labute approximate surface area is 65.7 Å². The number of halogens is 1. The van der Waals surface area contributed by atoms with Crippen molar-refractivity contribution in [3.05, 3.63) is 0 Å². The van der Waals surface area contributed by atoms with Gasteiger partial charge in [-0.25, -0.2) is 0 Å². The summed E-state index contributed by atoms with van der Waals surface area (Å²) in [6, 6.07) is 0. The molecule has 4 heteroatoms. The highest BCUT2D eigenvalue weighted by Crippen LogP contribution is 1.91. The van der Waals surface area contributed by atoms with Gasteiger partial charge >= 0.3 is 0 Å². The van der Waals surface area contributed by atoms with E-state index in [-0.39, 0.29) is 17.0 Å². The van der Waals surface area contributed by atoms with Crippen molar-refractivity contribution in [3.8, 4) is 0 Å². The Balaban J connectivity index is 0.000000640. The number of hydrogen-bond donors (Lipinski definition) is 2. The van der Waals surface area contributed by atoms with Gasteiger partial charge in [0, 0.05) is 19.6 Å². The first-order valence-electron chi connectivity index (χ1n) is 2.92. The minimum atomic E-state index is 0. The molecular formula is C5H12BrN3. The van der Waals surface area contributed by atoms with Crippen LogP contribution in [0.25, 0.3) is 0 Å². The molecule has 0 aromatic carbocycles. The fraction of sp³-hybridized carbons (Fsp3) is 0.800. The van der Waals surface area contributed by atoms with Crippen LogP contribution in [0, 0.1) is 5.41 Å². The standard InChI is InChI=1S/C5H11N3.BrH/c1-2-8-4-3-7-5(8)6;/h2-4H2,1H3,(H2,6,7);1H. The maximum absolute atomic E-state index is 7.22. The van der Waals surface area contributed by atoms with Crippen LogP contribution in [0.3, 0.4) is 0 Å². The maximum atomic E-state index is 7.22. The van der Waals surface area contributed by atoms with E-state index in [1.165, 1.54) is 0 Å².